The van der Waals surface area contributed by atoms with Crippen LogP contribution in [0.5, 0.6) is 5.75 Å². The summed E-state index contributed by atoms with van der Waals surface area (Å²) in [6.45, 7) is 6.78. The van der Waals surface area contributed by atoms with E-state index in [4.69, 9.17) is 24.0 Å². The van der Waals surface area contributed by atoms with Crippen molar-refractivity contribution in [1.82, 2.24) is 29.2 Å². The van der Waals surface area contributed by atoms with Gasteiger partial charge < -0.3 is 23.3 Å². The maximum atomic E-state index is 11.1. The molecule has 0 spiro atoms. The highest BCUT2D eigenvalue weighted by atomic mass is 32.2. The van der Waals surface area contributed by atoms with Crippen molar-refractivity contribution < 1.29 is 18.2 Å². The van der Waals surface area contributed by atoms with Crippen LogP contribution in [0.3, 0.4) is 0 Å². The maximum absolute atomic E-state index is 11.1. The van der Waals surface area contributed by atoms with Crippen molar-refractivity contribution in [3.05, 3.63) is 36.5 Å². The first-order valence-electron chi connectivity index (χ1n) is 11.3. The molecule has 182 valence electrons. The van der Waals surface area contributed by atoms with Gasteiger partial charge in [-0.3, -0.25) is 14.8 Å². The summed E-state index contributed by atoms with van der Waals surface area (Å²) in [7, 11) is 1.63. The van der Waals surface area contributed by atoms with Crippen molar-refractivity contribution in [2.24, 2.45) is 0 Å². The van der Waals surface area contributed by atoms with Gasteiger partial charge in [-0.05, 0) is 6.07 Å². The molecule has 3 aromatic rings. The quantitative estimate of drug-likeness (QED) is 0.484. The van der Waals surface area contributed by atoms with E-state index in [2.05, 4.69) is 21.0 Å². The highest BCUT2D eigenvalue weighted by molar-refractivity contribution is 7.79. The molecule has 0 aliphatic carbocycles. The number of fused-ring (bicyclic) bond motifs is 1. The van der Waals surface area contributed by atoms with E-state index < -0.39 is 11.1 Å². The Bertz CT molecular complexity index is 1160. The lowest BCUT2D eigenvalue weighted by Gasteiger charge is -2.33. The fraction of sp³-hybridized carbons (Fsp3) is 0.500. The second kappa shape index (κ2) is 10.3. The normalized spacial score (nSPS) is 18.9. The highest BCUT2D eigenvalue weighted by Crippen LogP contribution is 2.27. The molecule has 5 heterocycles. The molecule has 12 heteroatoms. The van der Waals surface area contributed by atoms with Crippen molar-refractivity contribution in [3.63, 3.8) is 0 Å². The molecule has 0 saturated carbocycles. The monoisotopic (exact) mass is 487 g/mol. The molecule has 1 unspecified atom stereocenters. The van der Waals surface area contributed by atoms with Crippen LogP contribution < -0.4 is 9.64 Å². The molecule has 11 nitrogen and oxygen atoms in total. The van der Waals surface area contributed by atoms with Gasteiger partial charge in [-0.15, -0.1) is 0 Å². The van der Waals surface area contributed by atoms with Gasteiger partial charge in [0.05, 0.1) is 37.9 Å². The zero-order chi connectivity index (χ0) is 23.5. The summed E-state index contributed by atoms with van der Waals surface area (Å²) in [6, 6.07) is 1.93. The minimum atomic E-state index is -1.79. The van der Waals surface area contributed by atoms with Gasteiger partial charge in [0.1, 0.15) is 11.6 Å². The summed E-state index contributed by atoms with van der Waals surface area (Å²) >= 11 is -1.79. The minimum absolute atomic E-state index is 0.207. The third-order valence-electron chi connectivity index (χ3n) is 6.17. The molecule has 1 atom stereocenters. The number of hydrogen-bond donors (Lipinski definition) is 1. The lowest BCUT2D eigenvalue weighted by molar-refractivity contribution is 0.122. The van der Waals surface area contributed by atoms with Gasteiger partial charge in [0.25, 0.3) is 0 Å². The van der Waals surface area contributed by atoms with Gasteiger partial charge in [-0.2, -0.15) is 0 Å². The molecule has 0 bridgehead atoms. The summed E-state index contributed by atoms with van der Waals surface area (Å²) in [5.74, 6) is 1.73. The van der Waals surface area contributed by atoms with E-state index in [9.17, 15) is 4.21 Å². The van der Waals surface area contributed by atoms with Crippen molar-refractivity contribution in [2.75, 3.05) is 70.4 Å². The number of aromatic nitrogens is 4. The fourth-order valence-electron chi connectivity index (χ4n) is 4.37. The van der Waals surface area contributed by atoms with Gasteiger partial charge in [0.15, 0.2) is 22.5 Å². The van der Waals surface area contributed by atoms with Crippen LogP contribution in [0.4, 0.5) is 5.82 Å². The van der Waals surface area contributed by atoms with E-state index in [0.717, 1.165) is 74.2 Å². The number of hydrogen-bond acceptors (Lipinski definition) is 9. The Balaban J connectivity index is 1.43. The molecular formula is C22H29N7O4S. The Morgan fingerprint density at radius 1 is 1.06 bits per heavy atom. The van der Waals surface area contributed by atoms with Crippen LogP contribution in [0, 0.1) is 0 Å². The number of pyridine rings is 1. The molecule has 0 radical (unpaired) electrons. The average molecular weight is 488 g/mol. The van der Waals surface area contributed by atoms with Crippen molar-refractivity contribution in [2.45, 2.75) is 6.54 Å². The number of imidazole rings is 1. The van der Waals surface area contributed by atoms with E-state index in [1.807, 2.05) is 21.6 Å². The topological polar surface area (TPSA) is 109 Å². The zero-order valence-electron chi connectivity index (χ0n) is 19.2. The molecule has 3 aromatic heterocycles. The molecule has 2 saturated heterocycles. The third kappa shape index (κ3) is 5.20. The summed E-state index contributed by atoms with van der Waals surface area (Å²) in [6.07, 6.45) is 7.52. The Morgan fingerprint density at radius 3 is 2.56 bits per heavy atom. The molecule has 2 fully saturated rings. The first-order chi connectivity index (χ1) is 16.6. The van der Waals surface area contributed by atoms with Crippen LogP contribution in [-0.4, -0.2) is 103 Å². The number of morpholine rings is 1. The molecule has 34 heavy (non-hydrogen) atoms. The predicted molar refractivity (Wildman–Crippen MR) is 128 cm³/mol. The third-order valence-corrected chi connectivity index (χ3v) is 6.75. The molecular weight excluding hydrogens is 458 g/mol. The first kappa shape index (κ1) is 23.1. The SMILES string of the molecule is COc1cncc(-c2cn3cc(CN4CCN(CS(=O)O)CC4)nc3c(N3CCOCC3)n2)c1. The molecule has 2 aliphatic heterocycles. The number of piperazine rings is 1. The summed E-state index contributed by atoms with van der Waals surface area (Å²) in [4.78, 5) is 20.8. The van der Waals surface area contributed by atoms with Gasteiger partial charge in [0, 0.05) is 70.0 Å². The van der Waals surface area contributed by atoms with E-state index >= 15 is 0 Å². The standard InChI is InChI=1S/C22H29N7O4S/c1-32-19-10-17(11-23-12-19)20-15-29-14-18(13-26-2-4-27(5-3-26)16-34(30)31)24-21(29)22(25-20)28-6-8-33-9-7-28/h10-12,14-15H,2-9,13,16H2,1H3,(H,30,31). The van der Waals surface area contributed by atoms with Gasteiger partial charge >= 0.3 is 0 Å². The van der Waals surface area contributed by atoms with E-state index in [1.54, 1.807) is 19.5 Å². The van der Waals surface area contributed by atoms with Crippen LogP contribution in [0.25, 0.3) is 16.9 Å². The number of methoxy groups -OCH3 is 1. The Hall–Kier alpha value is -2.64. The predicted octanol–water partition coefficient (Wildman–Crippen LogP) is 0.933. The average Bonchev–Trinajstić information content (AvgIpc) is 3.27. The van der Waals surface area contributed by atoms with Crippen LogP contribution in [-0.2, 0) is 22.4 Å². The van der Waals surface area contributed by atoms with Crippen molar-refractivity contribution in [1.29, 1.82) is 0 Å². The Morgan fingerprint density at radius 2 is 1.82 bits per heavy atom. The lowest BCUT2D eigenvalue weighted by atomic mass is 10.2. The fourth-order valence-corrected chi connectivity index (χ4v) is 4.94. The molecule has 5 rings (SSSR count). The maximum Gasteiger partial charge on any atom is 0.180 e. The van der Waals surface area contributed by atoms with Crippen molar-refractivity contribution in [3.8, 4) is 17.0 Å². The van der Waals surface area contributed by atoms with Crippen LogP contribution in [0.15, 0.2) is 30.9 Å². The lowest BCUT2D eigenvalue weighted by Crippen LogP contribution is -2.46. The molecule has 1 N–H and O–H groups in total. The Labute approximate surface area is 200 Å². The van der Waals surface area contributed by atoms with E-state index in [-0.39, 0.29) is 5.88 Å². The summed E-state index contributed by atoms with van der Waals surface area (Å²) in [5.41, 5.74) is 3.47. The van der Waals surface area contributed by atoms with Crippen LogP contribution in [0.2, 0.25) is 0 Å². The van der Waals surface area contributed by atoms with Crippen LogP contribution >= 0.6 is 0 Å². The highest BCUT2D eigenvalue weighted by Gasteiger charge is 2.22. The molecule has 0 aromatic carbocycles. The van der Waals surface area contributed by atoms with E-state index in [0.29, 0.717) is 19.0 Å². The molecule has 2 aliphatic rings. The van der Waals surface area contributed by atoms with Crippen molar-refractivity contribution >= 4 is 22.5 Å². The second-order valence-electron chi connectivity index (χ2n) is 8.47. The number of nitrogens with zero attached hydrogens (tertiary/aromatic N) is 7. The first-order valence-corrected chi connectivity index (χ1v) is 12.6. The second-order valence-corrected chi connectivity index (χ2v) is 9.37. The van der Waals surface area contributed by atoms with Gasteiger partial charge in [0.2, 0.25) is 0 Å². The van der Waals surface area contributed by atoms with Crippen LogP contribution in [0.1, 0.15) is 5.69 Å². The molecule has 0 amide bonds. The minimum Gasteiger partial charge on any atom is -0.495 e. The number of ether oxygens (including phenoxy) is 2. The summed E-state index contributed by atoms with van der Waals surface area (Å²) in [5, 5.41) is 0. The van der Waals surface area contributed by atoms with E-state index in [1.165, 1.54) is 0 Å². The van der Waals surface area contributed by atoms with Gasteiger partial charge in [-0.1, -0.05) is 0 Å². The van der Waals surface area contributed by atoms with Gasteiger partial charge in [-0.25, -0.2) is 14.2 Å². The Kier molecular flexibility index (Phi) is 7.02. The largest absolute Gasteiger partial charge is 0.495 e. The number of rotatable bonds is 7. The smallest absolute Gasteiger partial charge is 0.180 e. The number of anilines is 1. The summed E-state index contributed by atoms with van der Waals surface area (Å²) < 4.78 is 33.2. The zero-order valence-corrected chi connectivity index (χ0v) is 20.0.